The summed E-state index contributed by atoms with van der Waals surface area (Å²) in [7, 11) is -3.19. The highest BCUT2D eigenvalue weighted by molar-refractivity contribution is 7.90. The van der Waals surface area contributed by atoms with Crippen LogP contribution in [0.25, 0.3) is 10.9 Å². The Balaban J connectivity index is 1.35. The van der Waals surface area contributed by atoms with Gasteiger partial charge in [0.2, 0.25) is 10.0 Å². The SMILES string of the molecule is O=C(Nc1cc(F)cc(F)c1)c1cc2cc(C3CCCN(S(=O)(=O)C4CC4)C3)ccc2[nH]1. The molecule has 2 N–H and O–H groups in total. The van der Waals surface area contributed by atoms with Crippen LogP contribution in [0.4, 0.5) is 14.5 Å². The third-order valence-electron chi connectivity index (χ3n) is 6.17. The van der Waals surface area contributed by atoms with Crippen molar-refractivity contribution in [3.8, 4) is 0 Å². The molecular formula is C23H23F2N3O3S. The number of anilines is 1. The van der Waals surface area contributed by atoms with Gasteiger partial charge in [0.05, 0.1) is 5.25 Å². The van der Waals surface area contributed by atoms with Gasteiger partial charge in [-0.15, -0.1) is 0 Å². The fraction of sp³-hybridized carbons (Fsp3) is 0.348. The lowest BCUT2D eigenvalue weighted by atomic mass is 9.91. The van der Waals surface area contributed by atoms with Crippen LogP contribution in [0.2, 0.25) is 0 Å². The van der Waals surface area contributed by atoms with Crippen molar-refractivity contribution in [2.75, 3.05) is 18.4 Å². The van der Waals surface area contributed by atoms with Crippen molar-refractivity contribution >= 4 is 32.5 Å². The zero-order chi connectivity index (χ0) is 22.5. The summed E-state index contributed by atoms with van der Waals surface area (Å²) in [5, 5.41) is 3.11. The molecule has 168 valence electrons. The number of aromatic nitrogens is 1. The number of hydrogen-bond donors (Lipinski definition) is 2. The van der Waals surface area contributed by atoms with Crippen molar-refractivity contribution in [3.63, 3.8) is 0 Å². The first-order valence-corrected chi connectivity index (χ1v) is 12.2. The number of piperidine rings is 1. The molecule has 0 bridgehead atoms. The molecule has 2 fully saturated rings. The van der Waals surface area contributed by atoms with Gasteiger partial charge in [-0.3, -0.25) is 4.79 Å². The molecule has 1 unspecified atom stereocenters. The molecular weight excluding hydrogens is 436 g/mol. The van der Waals surface area contributed by atoms with Gasteiger partial charge in [-0.2, -0.15) is 0 Å². The highest BCUT2D eigenvalue weighted by Gasteiger charge is 2.41. The highest BCUT2D eigenvalue weighted by atomic mass is 32.2. The molecule has 6 nitrogen and oxygen atoms in total. The number of H-pyrrole nitrogens is 1. The van der Waals surface area contributed by atoms with Crippen LogP contribution in [0, 0.1) is 11.6 Å². The number of fused-ring (bicyclic) bond motifs is 1. The van der Waals surface area contributed by atoms with Crippen LogP contribution in [0.5, 0.6) is 0 Å². The van der Waals surface area contributed by atoms with Crippen LogP contribution >= 0.6 is 0 Å². The van der Waals surface area contributed by atoms with E-state index in [0.29, 0.717) is 13.1 Å². The van der Waals surface area contributed by atoms with Gasteiger partial charge in [0.1, 0.15) is 17.3 Å². The number of halogens is 2. The number of nitrogens with zero attached hydrogens (tertiary/aromatic N) is 1. The molecule has 1 amide bonds. The number of carbonyl (C=O) groups excluding carboxylic acids is 1. The third kappa shape index (κ3) is 4.14. The summed E-state index contributed by atoms with van der Waals surface area (Å²) in [6.45, 7) is 1.06. The van der Waals surface area contributed by atoms with Crippen LogP contribution in [-0.4, -0.2) is 42.0 Å². The first-order chi connectivity index (χ1) is 15.3. The second-order valence-electron chi connectivity index (χ2n) is 8.58. The summed E-state index contributed by atoms with van der Waals surface area (Å²) >= 11 is 0. The number of aromatic amines is 1. The van der Waals surface area contributed by atoms with Crippen molar-refractivity contribution in [2.24, 2.45) is 0 Å². The normalized spacial score (nSPS) is 19.9. The number of amides is 1. The number of rotatable bonds is 5. The van der Waals surface area contributed by atoms with Crippen LogP contribution in [-0.2, 0) is 10.0 Å². The number of benzene rings is 2. The Morgan fingerprint density at radius 2 is 1.78 bits per heavy atom. The van der Waals surface area contributed by atoms with E-state index in [4.69, 9.17) is 0 Å². The molecule has 3 aromatic rings. The van der Waals surface area contributed by atoms with E-state index in [2.05, 4.69) is 10.3 Å². The predicted molar refractivity (Wildman–Crippen MR) is 118 cm³/mol. The fourth-order valence-electron chi connectivity index (χ4n) is 4.37. The quantitative estimate of drug-likeness (QED) is 0.595. The molecule has 9 heteroatoms. The Hall–Kier alpha value is -2.78. The standard InChI is InChI=1S/C23H23F2N3O3S/c24-17-10-18(25)12-19(11-17)26-23(29)22-9-16-8-14(3-6-21(16)27-22)15-2-1-7-28(13-15)32(30,31)20-4-5-20/h3,6,8-12,15,20,27H,1-2,4-5,7,13H2,(H,26,29). The molecule has 1 atom stereocenters. The van der Waals surface area contributed by atoms with E-state index in [9.17, 15) is 22.0 Å². The lowest BCUT2D eigenvalue weighted by molar-refractivity contribution is 0.102. The molecule has 0 spiro atoms. The average molecular weight is 460 g/mol. The minimum Gasteiger partial charge on any atom is -0.351 e. The number of sulfonamides is 1. The lowest BCUT2D eigenvalue weighted by Crippen LogP contribution is -2.40. The summed E-state index contributed by atoms with van der Waals surface area (Å²) in [5.41, 5.74) is 2.09. The van der Waals surface area contributed by atoms with Gasteiger partial charge in [0.25, 0.3) is 5.91 Å². The van der Waals surface area contributed by atoms with E-state index in [0.717, 1.165) is 60.3 Å². The summed E-state index contributed by atoms with van der Waals surface area (Å²) in [4.78, 5) is 15.6. The van der Waals surface area contributed by atoms with E-state index in [1.54, 1.807) is 10.4 Å². The molecule has 1 saturated heterocycles. The van der Waals surface area contributed by atoms with Gasteiger partial charge in [-0.05, 0) is 67.5 Å². The van der Waals surface area contributed by atoms with E-state index in [-0.39, 0.29) is 22.5 Å². The van der Waals surface area contributed by atoms with Gasteiger partial charge in [0.15, 0.2) is 0 Å². The molecule has 2 aliphatic rings. The maximum atomic E-state index is 13.4. The summed E-state index contributed by atoms with van der Waals surface area (Å²) in [6.07, 6.45) is 3.24. The van der Waals surface area contributed by atoms with Crippen molar-refractivity contribution in [1.82, 2.24) is 9.29 Å². The Bertz CT molecular complexity index is 1280. The molecule has 2 aromatic carbocycles. The monoisotopic (exact) mass is 459 g/mol. The highest BCUT2D eigenvalue weighted by Crippen LogP contribution is 2.36. The van der Waals surface area contributed by atoms with Crippen LogP contribution in [0.1, 0.15) is 47.7 Å². The first-order valence-electron chi connectivity index (χ1n) is 10.7. The number of hydrogen-bond acceptors (Lipinski definition) is 3. The molecule has 1 aromatic heterocycles. The van der Waals surface area contributed by atoms with E-state index in [1.807, 2.05) is 18.2 Å². The Morgan fingerprint density at radius 1 is 1.03 bits per heavy atom. The Labute approximate surface area is 184 Å². The zero-order valence-corrected chi connectivity index (χ0v) is 18.1. The van der Waals surface area contributed by atoms with Crippen LogP contribution in [0.3, 0.4) is 0 Å². The zero-order valence-electron chi connectivity index (χ0n) is 17.3. The minimum atomic E-state index is -3.19. The van der Waals surface area contributed by atoms with Crippen LogP contribution < -0.4 is 5.32 Å². The van der Waals surface area contributed by atoms with Gasteiger partial charge < -0.3 is 10.3 Å². The molecule has 32 heavy (non-hydrogen) atoms. The summed E-state index contributed by atoms with van der Waals surface area (Å²) in [6, 6.07) is 10.3. The molecule has 0 radical (unpaired) electrons. The summed E-state index contributed by atoms with van der Waals surface area (Å²) < 4.78 is 53.7. The van der Waals surface area contributed by atoms with Crippen molar-refractivity contribution < 1.29 is 22.0 Å². The van der Waals surface area contributed by atoms with Gasteiger partial charge >= 0.3 is 0 Å². The molecule has 1 saturated carbocycles. The summed E-state index contributed by atoms with van der Waals surface area (Å²) in [5.74, 6) is -1.95. The number of carbonyl (C=O) groups is 1. The molecule has 1 aliphatic carbocycles. The number of nitrogens with one attached hydrogen (secondary N) is 2. The largest absolute Gasteiger partial charge is 0.351 e. The molecule has 1 aliphatic heterocycles. The van der Waals surface area contributed by atoms with E-state index >= 15 is 0 Å². The van der Waals surface area contributed by atoms with E-state index in [1.165, 1.54) is 0 Å². The van der Waals surface area contributed by atoms with Gasteiger partial charge in [0, 0.05) is 35.7 Å². The van der Waals surface area contributed by atoms with Crippen LogP contribution in [0.15, 0.2) is 42.5 Å². The minimum absolute atomic E-state index is 0.0333. The van der Waals surface area contributed by atoms with Gasteiger partial charge in [-0.25, -0.2) is 21.5 Å². The van der Waals surface area contributed by atoms with Crippen molar-refractivity contribution in [3.05, 3.63) is 65.4 Å². The van der Waals surface area contributed by atoms with Gasteiger partial charge in [-0.1, -0.05) is 6.07 Å². The maximum absolute atomic E-state index is 13.4. The lowest BCUT2D eigenvalue weighted by Gasteiger charge is -2.32. The third-order valence-corrected chi connectivity index (χ3v) is 8.54. The second-order valence-corrected chi connectivity index (χ2v) is 10.8. The first kappa shape index (κ1) is 21.1. The molecule has 2 heterocycles. The average Bonchev–Trinajstić information content (AvgIpc) is 3.52. The predicted octanol–water partition coefficient (Wildman–Crippen LogP) is 4.37. The molecule has 5 rings (SSSR count). The fourth-order valence-corrected chi connectivity index (χ4v) is 6.30. The maximum Gasteiger partial charge on any atom is 0.272 e. The topological polar surface area (TPSA) is 82.3 Å². The Morgan fingerprint density at radius 3 is 2.50 bits per heavy atom. The van der Waals surface area contributed by atoms with Crippen molar-refractivity contribution in [1.29, 1.82) is 0 Å². The van der Waals surface area contributed by atoms with E-state index < -0.39 is 27.6 Å². The second kappa shape index (κ2) is 7.97. The van der Waals surface area contributed by atoms with Crippen molar-refractivity contribution in [2.45, 2.75) is 36.9 Å². The smallest absolute Gasteiger partial charge is 0.272 e. The Kier molecular flexibility index (Phi) is 5.25.